The number of aromatic nitrogens is 2. The third-order valence-electron chi connectivity index (χ3n) is 6.44. The van der Waals surface area contributed by atoms with Gasteiger partial charge in [-0.15, -0.1) is 0 Å². The van der Waals surface area contributed by atoms with Crippen LogP contribution in [0.1, 0.15) is 27.9 Å². The molecule has 0 fully saturated rings. The number of halogens is 4. The molecule has 2 aromatic carbocycles. The molecular weight excluding hydrogens is 548 g/mol. The van der Waals surface area contributed by atoms with E-state index in [-0.39, 0.29) is 27.9 Å². The highest BCUT2D eigenvalue weighted by Crippen LogP contribution is 2.32. The van der Waals surface area contributed by atoms with Crippen LogP contribution in [0.25, 0.3) is 17.0 Å². The molecule has 0 atom stereocenters. The van der Waals surface area contributed by atoms with Crippen LogP contribution in [-0.4, -0.2) is 33.6 Å². The van der Waals surface area contributed by atoms with Crippen LogP contribution in [0.15, 0.2) is 54.6 Å². The van der Waals surface area contributed by atoms with Gasteiger partial charge in [-0.1, -0.05) is 59.1 Å². The van der Waals surface area contributed by atoms with Gasteiger partial charge in [0.05, 0.1) is 22.2 Å². The molecule has 0 spiro atoms. The minimum Gasteiger partial charge on any atom is -0.333 e. The lowest BCUT2D eigenvalue weighted by Gasteiger charge is -2.27. The molecule has 6 nitrogen and oxygen atoms in total. The summed E-state index contributed by atoms with van der Waals surface area (Å²) >= 11 is 17.8. The summed E-state index contributed by atoms with van der Waals surface area (Å²) < 4.78 is 15.4. The second-order valence-corrected chi connectivity index (χ2v) is 10.1. The van der Waals surface area contributed by atoms with E-state index in [0.717, 1.165) is 34.3 Å². The normalized spacial score (nSPS) is 13.6. The Bertz CT molecular complexity index is 1610. The van der Waals surface area contributed by atoms with Crippen molar-refractivity contribution in [3.05, 3.63) is 104 Å². The van der Waals surface area contributed by atoms with Gasteiger partial charge >= 0.3 is 6.03 Å². The Labute approximate surface area is 233 Å². The molecule has 0 aliphatic carbocycles. The van der Waals surface area contributed by atoms with Crippen LogP contribution < -0.4 is 5.32 Å². The third kappa shape index (κ3) is 5.54. The minimum absolute atomic E-state index is 0.0964. The SMILES string of the molecule is N#Cc1ccc2c3c(n(C(=O)NCc4cc(Cl)nc(Cl)c4)c2c1)CCN(C/C=C/c1ccc(Cl)c(F)c1)C3. The van der Waals surface area contributed by atoms with Crippen LogP contribution in [0, 0.1) is 17.1 Å². The van der Waals surface area contributed by atoms with E-state index in [4.69, 9.17) is 34.8 Å². The van der Waals surface area contributed by atoms with Gasteiger partial charge in [-0.05, 0) is 53.1 Å². The Morgan fingerprint density at radius 2 is 1.92 bits per heavy atom. The Balaban J connectivity index is 1.39. The van der Waals surface area contributed by atoms with Crippen molar-refractivity contribution in [2.45, 2.75) is 19.5 Å². The predicted octanol–water partition coefficient (Wildman–Crippen LogP) is 6.84. The highest BCUT2D eigenvalue weighted by Gasteiger charge is 2.26. The van der Waals surface area contributed by atoms with E-state index < -0.39 is 5.82 Å². The molecule has 4 aromatic rings. The smallest absolute Gasteiger partial charge is 0.326 e. The highest BCUT2D eigenvalue weighted by atomic mass is 35.5. The first-order valence-electron chi connectivity index (χ1n) is 11.8. The van der Waals surface area contributed by atoms with Gasteiger partial charge in [0.15, 0.2) is 0 Å². The maximum absolute atomic E-state index is 13.7. The molecule has 192 valence electrons. The minimum atomic E-state index is -0.450. The average molecular weight is 569 g/mol. The molecule has 1 amide bonds. The number of pyridine rings is 1. The van der Waals surface area contributed by atoms with Gasteiger partial charge in [-0.2, -0.15) is 5.26 Å². The first-order chi connectivity index (χ1) is 18.3. The van der Waals surface area contributed by atoms with Crippen molar-refractivity contribution in [1.82, 2.24) is 19.8 Å². The summed E-state index contributed by atoms with van der Waals surface area (Å²) in [4.78, 5) is 19.6. The second kappa shape index (κ2) is 11.1. The van der Waals surface area contributed by atoms with Crippen molar-refractivity contribution in [3.8, 4) is 6.07 Å². The quantitative estimate of drug-likeness (QED) is 0.268. The van der Waals surface area contributed by atoms with Gasteiger partial charge in [0.1, 0.15) is 16.1 Å². The molecule has 1 aliphatic rings. The fourth-order valence-corrected chi connectivity index (χ4v) is 5.32. The Morgan fingerprint density at radius 3 is 2.66 bits per heavy atom. The maximum atomic E-state index is 13.7. The molecule has 3 heterocycles. The molecule has 0 radical (unpaired) electrons. The number of amides is 1. The first kappa shape index (κ1) is 26.2. The zero-order valence-corrected chi connectivity index (χ0v) is 22.3. The lowest BCUT2D eigenvalue weighted by atomic mass is 10.0. The molecule has 0 saturated heterocycles. The summed E-state index contributed by atoms with van der Waals surface area (Å²) in [5.74, 6) is -0.450. The van der Waals surface area contributed by atoms with E-state index in [0.29, 0.717) is 30.6 Å². The average Bonchev–Trinajstić information content (AvgIpc) is 3.21. The Hall–Kier alpha value is -3.41. The Kier molecular flexibility index (Phi) is 7.68. The standard InChI is InChI=1S/C28H21Cl3FN5O/c29-22-6-4-17(10-23(22)32)2-1-8-36-9-7-24-21(16-36)20-5-3-18(14-33)11-25(20)37(24)28(38)34-15-19-12-26(30)35-27(31)13-19/h1-6,10-13H,7-9,15-16H2,(H,34,38)/b2-1+. The molecule has 0 saturated carbocycles. The van der Waals surface area contributed by atoms with Crippen LogP contribution in [0.4, 0.5) is 9.18 Å². The molecular formula is C28H21Cl3FN5O. The van der Waals surface area contributed by atoms with Crippen LogP contribution in [0.5, 0.6) is 0 Å². The third-order valence-corrected chi connectivity index (χ3v) is 7.14. The maximum Gasteiger partial charge on any atom is 0.326 e. The van der Waals surface area contributed by atoms with E-state index in [1.165, 1.54) is 12.1 Å². The summed E-state index contributed by atoms with van der Waals surface area (Å²) in [5.41, 5.74) is 4.59. The molecule has 5 rings (SSSR count). The molecule has 1 aliphatic heterocycles. The number of nitrogens with zero attached hydrogens (tertiary/aromatic N) is 4. The van der Waals surface area contributed by atoms with Gasteiger partial charge in [-0.3, -0.25) is 9.47 Å². The number of carbonyl (C=O) groups excluding carboxylic acids is 1. The Morgan fingerprint density at radius 1 is 1.13 bits per heavy atom. The van der Waals surface area contributed by atoms with Gasteiger partial charge in [-0.25, -0.2) is 14.2 Å². The number of hydrogen-bond donors (Lipinski definition) is 1. The molecule has 0 unspecified atom stereocenters. The number of nitriles is 1. The van der Waals surface area contributed by atoms with Crippen molar-refractivity contribution >= 4 is 57.8 Å². The summed E-state index contributed by atoms with van der Waals surface area (Å²) in [5, 5.41) is 13.9. The van der Waals surface area contributed by atoms with Crippen molar-refractivity contribution in [2.24, 2.45) is 0 Å². The lowest BCUT2D eigenvalue weighted by molar-refractivity contribution is 0.240. The highest BCUT2D eigenvalue weighted by molar-refractivity contribution is 6.32. The van der Waals surface area contributed by atoms with Gasteiger partial charge in [0.2, 0.25) is 0 Å². The van der Waals surface area contributed by atoms with E-state index in [9.17, 15) is 14.4 Å². The lowest BCUT2D eigenvalue weighted by Crippen LogP contribution is -2.34. The van der Waals surface area contributed by atoms with Gasteiger partial charge in [0, 0.05) is 43.7 Å². The fourth-order valence-electron chi connectivity index (χ4n) is 4.70. The molecule has 0 bridgehead atoms. The van der Waals surface area contributed by atoms with Gasteiger partial charge < -0.3 is 5.32 Å². The number of rotatable bonds is 5. The number of carbonyl (C=O) groups is 1. The van der Waals surface area contributed by atoms with Crippen LogP contribution >= 0.6 is 34.8 Å². The van der Waals surface area contributed by atoms with Crippen LogP contribution in [0.3, 0.4) is 0 Å². The van der Waals surface area contributed by atoms with E-state index >= 15 is 0 Å². The molecule has 2 aromatic heterocycles. The molecule has 10 heteroatoms. The topological polar surface area (TPSA) is 74.0 Å². The molecule has 38 heavy (non-hydrogen) atoms. The van der Waals surface area contributed by atoms with Crippen molar-refractivity contribution in [3.63, 3.8) is 0 Å². The molecule has 1 N–H and O–H groups in total. The second-order valence-electron chi connectivity index (χ2n) is 8.94. The number of fused-ring (bicyclic) bond motifs is 3. The fraction of sp³-hybridized carbons (Fsp3) is 0.179. The zero-order valence-electron chi connectivity index (χ0n) is 20.0. The number of nitrogens with one attached hydrogen (secondary N) is 1. The first-order valence-corrected chi connectivity index (χ1v) is 13.0. The van der Waals surface area contributed by atoms with Crippen molar-refractivity contribution in [1.29, 1.82) is 5.26 Å². The monoisotopic (exact) mass is 567 g/mol. The van der Waals surface area contributed by atoms with E-state index in [1.54, 1.807) is 34.9 Å². The van der Waals surface area contributed by atoms with Crippen LogP contribution in [-0.2, 0) is 19.5 Å². The van der Waals surface area contributed by atoms with Crippen molar-refractivity contribution < 1.29 is 9.18 Å². The summed E-state index contributed by atoms with van der Waals surface area (Å²) in [6.07, 6.45) is 4.50. The zero-order chi connectivity index (χ0) is 26.8. The van der Waals surface area contributed by atoms with Crippen molar-refractivity contribution in [2.75, 3.05) is 13.1 Å². The number of benzene rings is 2. The summed E-state index contributed by atoms with van der Waals surface area (Å²) in [6.45, 7) is 2.24. The summed E-state index contributed by atoms with van der Waals surface area (Å²) in [6, 6.07) is 15.3. The predicted molar refractivity (Wildman–Crippen MR) is 148 cm³/mol. The summed E-state index contributed by atoms with van der Waals surface area (Å²) in [7, 11) is 0. The van der Waals surface area contributed by atoms with E-state index in [1.807, 2.05) is 18.2 Å². The van der Waals surface area contributed by atoms with Crippen LogP contribution in [0.2, 0.25) is 15.3 Å². The number of hydrogen-bond acceptors (Lipinski definition) is 4. The largest absolute Gasteiger partial charge is 0.333 e. The van der Waals surface area contributed by atoms with Gasteiger partial charge in [0.25, 0.3) is 0 Å². The van der Waals surface area contributed by atoms with E-state index in [2.05, 4.69) is 21.3 Å².